The van der Waals surface area contributed by atoms with Gasteiger partial charge >= 0.3 is 0 Å². The van der Waals surface area contributed by atoms with E-state index in [1.807, 2.05) is 0 Å². The summed E-state index contributed by atoms with van der Waals surface area (Å²) in [4.78, 5) is 2.74. The summed E-state index contributed by atoms with van der Waals surface area (Å²) in [6, 6.07) is 22.6. The highest BCUT2D eigenvalue weighted by Crippen LogP contribution is 2.50. The summed E-state index contributed by atoms with van der Waals surface area (Å²) in [6.07, 6.45) is 1.15. The van der Waals surface area contributed by atoms with Gasteiger partial charge in [-0.1, -0.05) is 95.3 Å². The molecule has 0 amide bonds. The summed E-state index contributed by atoms with van der Waals surface area (Å²) < 4.78 is 0. The summed E-state index contributed by atoms with van der Waals surface area (Å²) in [6.45, 7) is 17.7. The summed E-state index contributed by atoms with van der Waals surface area (Å²) in [5, 5.41) is 2.75. The maximum Gasteiger partial charge on any atom is 0.0441 e. The minimum atomic E-state index is 0.0975. The second kappa shape index (κ2) is 7.45. The highest BCUT2D eigenvalue weighted by Gasteiger charge is 2.48. The molecule has 0 radical (unpaired) electrons. The first-order chi connectivity index (χ1) is 14.1. The first-order valence-corrected chi connectivity index (χ1v) is 11.5. The summed E-state index contributed by atoms with van der Waals surface area (Å²) in [5.41, 5.74) is 6.15. The number of rotatable bonds is 4. The van der Waals surface area contributed by atoms with E-state index in [1.54, 1.807) is 0 Å². The number of benzene rings is 3. The van der Waals surface area contributed by atoms with E-state index in [-0.39, 0.29) is 11.0 Å². The Morgan fingerprint density at radius 1 is 0.733 bits per heavy atom. The smallest absolute Gasteiger partial charge is 0.0441 e. The van der Waals surface area contributed by atoms with Crippen molar-refractivity contribution in [3.8, 4) is 0 Å². The minimum absolute atomic E-state index is 0.0975. The number of hydrogen-bond donors (Lipinski definition) is 0. The Bertz CT molecular complexity index is 1030. The number of hydrogen-bond acceptors (Lipinski definition) is 1. The standard InChI is InChI=1S/C29H37N/c1-20(2)23-15-11-16-24(21(3)4)27(23)30-19-29(7,18-28(30,5)6)26-17-10-13-22-12-8-9-14-25(22)26/h8-17,20-21H,18-19H2,1-7H3/t29-/m1/s1. The molecular weight excluding hydrogens is 362 g/mol. The lowest BCUT2D eigenvalue weighted by Gasteiger charge is -2.38. The lowest BCUT2D eigenvalue weighted by molar-refractivity contribution is 0.446. The zero-order valence-electron chi connectivity index (χ0n) is 19.8. The number of nitrogens with zero attached hydrogens (tertiary/aromatic N) is 1. The molecule has 0 bridgehead atoms. The Balaban J connectivity index is 1.87. The molecule has 158 valence electrons. The Labute approximate surface area is 183 Å². The molecular formula is C29H37N. The molecule has 1 atom stereocenters. The van der Waals surface area contributed by atoms with Crippen LogP contribution in [0.3, 0.4) is 0 Å². The van der Waals surface area contributed by atoms with Crippen molar-refractivity contribution in [2.24, 2.45) is 0 Å². The van der Waals surface area contributed by atoms with E-state index >= 15 is 0 Å². The minimum Gasteiger partial charge on any atom is -0.365 e. The SMILES string of the molecule is CC(C)c1cccc(C(C)C)c1N1C[C@](C)(c2cccc3ccccc23)CC1(C)C. The van der Waals surface area contributed by atoms with Crippen molar-refractivity contribution in [1.82, 2.24) is 0 Å². The van der Waals surface area contributed by atoms with Crippen LogP contribution in [0.2, 0.25) is 0 Å². The second-order valence-electron chi connectivity index (χ2n) is 10.8. The molecule has 0 unspecified atom stereocenters. The number of fused-ring (bicyclic) bond motifs is 1. The fourth-order valence-electron chi connectivity index (χ4n) is 5.81. The maximum atomic E-state index is 2.74. The fraction of sp³-hybridized carbons (Fsp3) is 0.448. The Kier molecular flexibility index (Phi) is 5.21. The normalized spacial score (nSPS) is 21.2. The lowest BCUT2D eigenvalue weighted by atomic mass is 9.76. The van der Waals surface area contributed by atoms with Gasteiger partial charge in [-0.15, -0.1) is 0 Å². The maximum absolute atomic E-state index is 2.74. The van der Waals surface area contributed by atoms with Crippen molar-refractivity contribution in [2.45, 2.75) is 77.7 Å². The molecule has 30 heavy (non-hydrogen) atoms. The molecule has 4 rings (SSSR count). The molecule has 3 aromatic carbocycles. The third kappa shape index (κ3) is 3.43. The Morgan fingerprint density at radius 3 is 1.93 bits per heavy atom. The quantitative estimate of drug-likeness (QED) is 0.429. The van der Waals surface area contributed by atoms with Crippen LogP contribution in [0.4, 0.5) is 5.69 Å². The van der Waals surface area contributed by atoms with Crippen molar-refractivity contribution < 1.29 is 0 Å². The molecule has 0 aromatic heterocycles. The molecule has 1 aliphatic rings. The first kappa shape index (κ1) is 21.0. The molecule has 1 fully saturated rings. The van der Waals surface area contributed by atoms with Crippen molar-refractivity contribution in [3.63, 3.8) is 0 Å². The first-order valence-electron chi connectivity index (χ1n) is 11.5. The average Bonchev–Trinajstić information content (AvgIpc) is 2.96. The van der Waals surface area contributed by atoms with Gasteiger partial charge in [-0.2, -0.15) is 0 Å². The largest absolute Gasteiger partial charge is 0.365 e. The molecule has 1 nitrogen and oxygen atoms in total. The Morgan fingerprint density at radius 2 is 1.30 bits per heavy atom. The number of anilines is 1. The van der Waals surface area contributed by atoms with Crippen LogP contribution in [-0.4, -0.2) is 12.1 Å². The van der Waals surface area contributed by atoms with Gasteiger partial charge in [-0.25, -0.2) is 0 Å². The van der Waals surface area contributed by atoms with Gasteiger partial charge in [0.05, 0.1) is 0 Å². The van der Waals surface area contributed by atoms with Gasteiger partial charge in [0.15, 0.2) is 0 Å². The molecule has 0 saturated carbocycles. The Hall–Kier alpha value is -2.28. The molecule has 0 aliphatic carbocycles. The summed E-state index contributed by atoms with van der Waals surface area (Å²) >= 11 is 0. The molecule has 3 aromatic rings. The predicted octanol–water partition coefficient (Wildman–Crippen LogP) is 8.03. The van der Waals surface area contributed by atoms with Crippen molar-refractivity contribution in [3.05, 3.63) is 77.4 Å². The van der Waals surface area contributed by atoms with Crippen LogP contribution in [0.1, 0.15) is 83.4 Å². The van der Waals surface area contributed by atoms with Gasteiger partial charge in [-0.3, -0.25) is 0 Å². The van der Waals surface area contributed by atoms with Gasteiger partial charge in [0.1, 0.15) is 0 Å². The van der Waals surface area contributed by atoms with Crippen LogP contribution >= 0.6 is 0 Å². The molecule has 1 heterocycles. The van der Waals surface area contributed by atoms with Crippen LogP contribution in [-0.2, 0) is 5.41 Å². The van der Waals surface area contributed by atoms with E-state index in [4.69, 9.17) is 0 Å². The lowest BCUT2D eigenvalue weighted by Crippen LogP contribution is -2.39. The highest BCUT2D eigenvalue weighted by molar-refractivity contribution is 5.87. The molecule has 0 N–H and O–H groups in total. The summed E-state index contributed by atoms with van der Waals surface area (Å²) in [7, 11) is 0. The molecule has 0 spiro atoms. The van der Waals surface area contributed by atoms with Crippen molar-refractivity contribution >= 4 is 16.5 Å². The zero-order chi connectivity index (χ0) is 21.7. The van der Waals surface area contributed by atoms with Crippen LogP contribution in [0.5, 0.6) is 0 Å². The van der Waals surface area contributed by atoms with E-state index in [0.717, 1.165) is 13.0 Å². The zero-order valence-corrected chi connectivity index (χ0v) is 19.8. The fourth-order valence-corrected chi connectivity index (χ4v) is 5.81. The van der Waals surface area contributed by atoms with Gasteiger partial charge in [0, 0.05) is 23.2 Å². The number of para-hydroxylation sites is 1. The van der Waals surface area contributed by atoms with Gasteiger partial charge in [0.25, 0.3) is 0 Å². The topological polar surface area (TPSA) is 3.24 Å². The van der Waals surface area contributed by atoms with Gasteiger partial charge in [-0.05, 0) is 59.6 Å². The van der Waals surface area contributed by atoms with E-state index in [1.165, 1.54) is 33.2 Å². The van der Waals surface area contributed by atoms with E-state index in [2.05, 4.69) is 114 Å². The van der Waals surface area contributed by atoms with Crippen LogP contribution in [0, 0.1) is 0 Å². The van der Waals surface area contributed by atoms with Crippen LogP contribution in [0.25, 0.3) is 10.8 Å². The predicted molar refractivity (Wildman–Crippen MR) is 132 cm³/mol. The van der Waals surface area contributed by atoms with E-state index in [0.29, 0.717) is 11.8 Å². The van der Waals surface area contributed by atoms with Crippen molar-refractivity contribution in [2.75, 3.05) is 11.4 Å². The highest BCUT2D eigenvalue weighted by atomic mass is 15.2. The third-order valence-electron chi connectivity index (χ3n) is 7.11. The molecule has 1 saturated heterocycles. The van der Waals surface area contributed by atoms with Gasteiger partial charge < -0.3 is 4.90 Å². The molecule has 1 aliphatic heterocycles. The average molecular weight is 400 g/mol. The third-order valence-corrected chi connectivity index (χ3v) is 7.11. The van der Waals surface area contributed by atoms with Crippen LogP contribution < -0.4 is 4.90 Å². The van der Waals surface area contributed by atoms with Crippen LogP contribution in [0.15, 0.2) is 60.7 Å². The van der Waals surface area contributed by atoms with Gasteiger partial charge in [0.2, 0.25) is 0 Å². The summed E-state index contributed by atoms with van der Waals surface area (Å²) in [5.74, 6) is 1.03. The second-order valence-corrected chi connectivity index (χ2v) is 10.8. The monoisotopic (exact) mass is 399 g/mol. The molecule has 1 heteroatoms. The van der Waals surface area contributed by atoms with E-state index in [9.17, 15) is 0 Å². The van der Waals surface area contributed by atoms with Crippen molar-refractivity contribution in [1.29, 1.82) is 0 Å². The van der Waals surface area contributed by atoms with E-state index < -0.39 is 0 Å².